The summed E-state index contributed by atoms with van der Waals surface area (Å²) < 4.78 is 6.32. The largest absolute Gasteiger partial charge is 0.495 e. The molecule has 28 heavy (non-hydrogen) atoms. The summed E-state index contributed by atoms with van der Waals surface area (Å²) in [5.41, 5.74) is 2.49. The van der Waals surface area contributed by atoms with Crippen LogP contribution in [-0.2, 0) is 0 Å². The lowest BCUT2D eigenvalue weighted by molar-refractivity contribution is 0.102. The Morgan fingerprint density at radius 1 is 1.04 bits per heavy atom. The van der Waals surface area contributed by atoms with Crippen LogP contribution in [0.4, 0.5) is 11.4 Å². The van der Waals surface area contributed by atoms with Crippen molar-refractivity contribution in [3.05, 3.63) is 64.6 Å². The molecular formula is C23H23BrN2O2. The summed E-state index contributed by atoms with van der Waals surface area (Å²) in [6, 6.07) is 17.9. The number of halogens is 1. The van der Waals surface area contributed by atoms with Crippen LogP contribution in [0.2, 0.25) is 0 Å². The van der Waals surface area contributed by atoms with Crippen molar-refractivity contribution in [3.63, 3.8) is 0 Å². The number of anilines is 2. The average Bonchev–Trinajstić information content (AvgIpc) is 2.75. The van der Waals surface area contributed by atoms with Crippen molar-refractivity contribution in [1.82, 2.24) is 0 Å². The number of carbonyl (C=O) groups is 1. The summed E-state index contributed by atoms with van der Waals surface area (Å²) in [4.78, 5) is 15.4. The number of hydrogen-bond acceptors (Lipinski definition) is 3. The highest BCUT2D eigenvalue weighted by Crippen LogP contribution is 2.37. The highest BCUT2D eigenvalue weighted by atomic mass is 79.9. The molecule has 3 aromatic carbocycles. The number of benzene rings is 3. The van der Waals surface area contributed by atoms with Crippen LogP contribution in [0.1, 0.15) is 29.6 Å². The molecule has 0 aliphatic carbocycles. The summed E-state index contributed by atoms with van der Waals surface area (Å²) in [6.45, 7) is 2.21. The van der Waals surface area contributed by atoms with Crippen molar-refractivity contribution in [2.24, 2.45) is 0 Å². The molecule has 0 aromatic heterocycles. The van der Waals surface area contributed by atoms with E-state index in [2.05, 4.69) is 38.3 Å². The zero-order chi connectivity index (χ0) is 19.5. The Hall–Kier alpha value is -2.53. The van der Waals surface area contributed by atoms with Crippen LogP contribution in [-0.4, -0.2) is 26.1 Å². The van der Waals surface area contributed by atoms with Crippen LogP contribution in [0, 0.1) is 0 Å². The number of nitrogens with one attached hydrogen (secondary N) is 1. The van der Waals surface area contributed by atoms with E-state index in [4.69, 9.17) is 4.74 Å². The Balaban J connectivity index is 1.58. The van der Waals surface area contributed by atoms with Gasteiger partial charge in [-0.15, -0.1) is 0 Å². The van der Waals surface area contributed by atoms with Crippen molar-refractivity contribution in [1.29, 1.82) is 0 Å². The fourth-order valence-corrected chi connectivity index (χ4v) is 4.50. The Morgan fingerprint density at radius 2 is 1.75 bits per heavy atom. The summed E-state index contributed by atoms with van der Waals surface area (Å²) >= 11 is 3.59. The molecule has 0 radical (unpaired) electrons. The third kappa shape index (κ3) is 3.72. The SMILES string of the molecule is COc1c(C(=O)Nc2ccc(N3CCCCC3)cc2)cc2ccccc2c1Br. The monoisotopic (exact) mass is 438 g/mol. The van der Waals surface area contributed by atoms with Gasteiger partial charge >= 0.3 is 0 Å². The minimum absolute atomic E-state index is 0.186. The van der Waals surface area contributed by atoms with Crippen LogP contribution < -0.4 is 15.0 Å². The molecule has 5 heteroatoms. The molecule has 0 saturated carbocycles. The van der Waals surface area contributed by atoms with E-state index in [9.17, 15) is 4.79 Å². The van der Waals surface area contributed by atoms with Crippen molar-refractivity contribution >= 4 is 44.0 Å². The lowest BCUT2D eigenvalue weighted by atomic mass is 10.0. The Morgan fingerprint density at radius 3 is 2.46 bits per heavy atom. The first-order valence-corrected chi connectivity index (χ1v) is 10.4. The molecule has 4 nitrogen and oxygen atoms in total. The highest BCUT2D eigenvalue weighted by Gasteiger charge is 2.18. The summed E-state index contributed by atoms with van der Waals surface area (Å²) in [7, 11) is 1.58. The molecule has 1 heterocycles. The van der Waals surface area contributed by atoms with E-state index in [0.717, 1.165) is 34.0 Å². The van der Waals surface area contributed by atoms with E-state index < -0.39 is 0 Å². The zero-order valence-corrected chi connectivity index (χ0v) is 17.5. The molecule has 1 aliphatic rings. The molecule has 0 spiro atoms. The third-order valence-electron chi connectivity index (χ3n) is 5.24. The molecular weight excluding hydrogens is 416 g/mol. The topological polar surface area (TPSA) is 41.6 Å². The van der Waals surface area contributed by atoms with Gasteiger partial charge in [-0.25, -0.2) is 0 Å². The number of fused-ring (bicyclic) bond motifs is 1. The number of nitrogens with zero attached hydrogens (tertiary/aromatic N) is 1. The summed E-state index contributed by atoms with van der Waals surface area (Å²) in [5.74, 6) is 0.357. The van der Waals surface area contributed by atoms with Gasteiger partial charge in [0, 0.05) is 24.5 Å². The maximum atomic E-state index is 13.0. The molecule has 1 saturated heterocycles. The van der Waals surface area contributed by atoms with Crippen molar-refractivity contribution in [2.45, 2.75) is 19.3 Å². The average molecular weight is 439 g/mol. The van der Waals surface area contributed by atoms with Gasteiger partial charge in [0.1, 0.15) is 5.75 Å². The second kappa shape index (κ2) is 8.23. The quantitative estimate of drug-likeness (QED) is 0.554. The van der Waals surface area contributed by atoms with Crippen LogP contribution in [0.15, 0.2) is 59.1 Å². The van der Waals surface area contributed by atoms with Gasteiger partial charge in [0.25, 0.3) is 5.91 Å². The normalized spacial score (nSPS) is 14.1. The summed E-state index contributed by atoms with van der Waals surface area (Å²) in [5, 5.41) is 5.00. The molecule has 1 amide bonds. The first-order valence-electron chi connectivity index (χ1n) is 9.59. The Labute approximate surface area is 173 Å². The fraction of sp³-hybridized carbons (Fsp3) is 0.261. The number of methoxy groups -OCH3 is 1. The smallest absolute Gasteiger partial charge is 0.259 e. The zero-order valence-electron chi connectivity index (χ0n) is 15.9. The number of ether oxygens (including phenoxy) is 1. The number of piperidine rings is 1. The van der Waals surface area contributed by atoms with Gasteiger partial charge in [-0.1, -0.05) is 24.3 Å². The predicted octanol–water partition coefficient (Wildman–Crippen LogP) is 5.85. The molecule has 3 aromatic rings. The number of amides is 1. The molecule has 1 fully saturated rings. The van der Waals surface area contributed by atoms with Crippen molar-refractivity contribution in [2.75, 3.05) is 30.4 Å². The second-order valence-electron chi connectivity index (χ2n) is 7.04. The van der Waals surface area contributed by atoms with Gasteiger partial charge in [0.15, 0.2) is 0 Å². The van der Waals surface area contributed by atoms with Crippen LogP contribution >= 0.6 is 15.9 Å². The lowest BCUT2D eigenvalue weighted by Gasteiger charge is -2.28. The number of rotatable bonds is 4. The number of carbonyl (C=O) groups excluding carboxylic acids is 1. The highest BCUT2D eigenvalue weighted by molar-refractivity contribution is 9.10. The maximum absolute atomic E-state index is 13.0. The van der Waals surface area contributed by atoms with E-state index in [1.165, 1.54) is 24.9 Å². The Kier molecular flexibility index (Phi) is 5.53. The molecule has 0 unspecified atom stereocenters. The van der Waals surface area contributed by atoms with Crippen LogP contribution in [0.5, 0.6) is 5.75 Å². The van der Waals surface area contributed by atoms with Crippen LogP contribution in [0.25, 0.3) is 10.8 Å². The first kappa shape index (κ1) is 18.8. The van der Waals surface area contributed by atoms with Crippen molar-refractivity contribution in [3.8, 4) is 5.75 Å². The van der Waals surface area contributed by atoms with Crippen molar-refractivity contribution < 1.29 is 9.53 Å². The maximum Gasteiger partial charge on any atom is 0.259 e. The van der Waals surface area contributed by atoms with Gasteiger partial charge in [-0.3, -0.25) is 4.79 Å². The Bertz CT molecular complexity index is 995. The summed E-state index contributed by atoms with van der Waals surface area (Å²) in [6.07, 6.45) is 3.80. The van der Waals surface area contributed by atoms with E-state index in [-0.39, 0.29) is 5.91 Å². The molecule has 4 rings (SSSR count). The fourth-order valence-electron chi connectivity index (χ4n) is 3.76. The van der Waals surface area contributed by atoms with Gasteiger partial charge < -0.3 is 15.0 Å². The van der Waals surface area contributed by atoms with Gasteiger partial charge in [0.05, 0.1) is 17.1 Å². The van der Waals surface area contributed by atoms with E-state index >= 15 is 0 Å². The molecule has 1 aliphatic heterocycles. The standard InChI is InChI=1S/C23H23BrN2O2/c1-28-22-20(15-16-7-3-4-8-19(16)21(22)24)23(27)25-17-9-11-18(12-10-17)26-13-5-2-6-14-26/h3-4,7-12,15H,2,5-6,13-14H2,1H3,(H,25,27). The van der Waals surface area contributed by atoms with E-state index in [1.807, 2.05) is 42.5 Å². The molecule has 0 bridgehead atoms. The second-order valence-corrected chi connectivity index (χ2v) is 7.83. The molecule has 1 N–H and O–H groups in total. The van der Waals surface area contributed by atoms with E-state index in [1.54, 1.807) is 7.11 Å². The first-order chi connectivity index (χ1) is 13.7. The van der Waals surface area contributed by atoms with E-state index in [0.29, 0.717) is 11.3 Å². The van der Waals surface area contributed by atoms with Gasteiger partial charge in [0.2, 0.25) is 0 Å². The molecule has 0 atom stereocenters. The molecule has 144 valence electrons. The minimum atomic E-state index is -0.186. The third-order valence-corrected chi connectivity index (χ3v) is 6.02. The number of hydrogen-bond donors (Lipinski definition) is 1. The van der Waals surface area contributed by atoms with Gasteiger partial charge in [-0.2, -0.15) is 0 Å². The minimum Gasteiger partial charge on any atom is -0.495 e. The lowest BCUT2D eigenvalue weighted by Crippen LogP contribution is -2.29. The van der Waals surface area contributed by atoms with Crippen LogP contribution in [0.3, 0.4) is 0 Å². The predicted molar refractivity (Wildman–Crippen MR) is 119 cm³/mol. The van der Waals surface area contributed by atoms with Gasteiger partial charge in [-0.05, 0) is 76.3 Å².